The summed E-state index contributed by atoms with van der Waals surface area (Å²) in [5.74, 6) is -1.63. The molecule has 0 saturated heterocycles. The Labute approximate surface area is 199 Å². The van der Waals surface area contributed by atoms with Crippen LogP contribution in [0.5, 0.6) is 0 Å². The lowest BCUT2D eigenvalue weighted by molar-refractivity contribution is -0.133. The molecule has 176 valence electrons. The number of hydrogen-bond acceptors (Lipinski definition) is 4. The van der Waals surface area contributed by atoms with Gasteiger partial charge >= 0.3 is 11.8 Å². The Bertz CT molecular complexity index is 1370. The monoisotopic (exact) mass is 477 g/mol. The summed E-state index contributed by atoms with van der Waals surface area (Å²) in [6.07, 6.45) is 1.43. The van der Waals surface area contributed by atoms with Crippen molar-refractivity contribution in [2.45, 2.75) is 38.5 Å². The molecule has 3 aromatic carbocycles. The van der Waals surface area contributed by atoms with Crippen LogP contribution in [-0.2, 0) is 26.0 Å². The highest BCUT2D eigenvalue weighted by atomic mass is 32.2. The van der Waals surface area contributed by atoms with Crippen LogP contribution in [0.4, 0.5) is 17.1 Å². The number of anilines is 3. The second kappa shape index (κ2) is 9.30. The lowest BCUT2D eigenvalue weighted by Crippen LogP contribution is -2.35. The lowest BCUT2D eigenvalue weighted by atomic mass is 10.0. The highest BCUT2D eigenvalue weighted by molar-refractivity contribution is 7.92. The standard InChI is InChI=1S/C26H27N3O4S/c1-17-6-11-22(12-7-17)34(32,33)29-14-4-5-20-9-10-21(16-24(20)29)27-25(30)26(31)28-23-13-8-18(2)15-19(23)3/h6-13,15-16H,4-5,14H2,1-3H3,(H,27,30)(H,28,31). The van der Waals surface area contributed by atoms with Crippen LogP contribution in [0, 0.1) is 20.8 Å². The van der Waals surface area contributed by atoms with Gasteiger partial charge in [0.05, 0.1) is 10.6 Å². The van der Waals surface area contributed by atoms with Gasteiger partial charge in [-0.1, -0.05) is 41.5 Å². The highest BCUT2D eigenvalue weighted by Crippen LogP contribution is 2.34. The van der Waals surface area contributed by atoms with Crippen LogP contribution < -0.4 is 14.9 Å². The molecule has 2 N–H and O–H groups in total. The number of fused-ring (bicyclic) bond motifs is 1. The molecule has 0 radical (unpaired) electrons. The molecule has 0 spiro atoms. The zero-order valence-corrected chi connectivity index (χ0v) is 20.2. The van der Waals surface area contributed by atoms with E-state index in [9.17, 15) is 18.0 Å². The van der Waals surface area contributed by atoms with Crippen LogP contribution in [0.3, 0.4) is 0 Å². The number of carbonyl (C=O) groups excluding carboxylic acids is 2. The molecule has 0 unspecified atom stereocenters. The van der Waals surface area contributed by atoms with Crippen molar-refractivity contribution < 1.29 is 18.0 Å². The van der Waals surface area contributed by atoms with Crippen molar-refractivity contribution in [3.05, 3.63) is 82.9 Å². The van der Waals surface area contributed by atoms with Gasteiger partial charge in [0.25, 0.3) is 10.0 Å². The quantitative estimate of drug-likeness (QED) is 0.547. The van der Waals surface area contributed by atoms with Gasteiger partial charge in [-0.25, -0.2) is 8.42 Å². The molecule has 0 atom stereocenters. The summed E-state index contributed by atoms with van der Waals surface area (Å²) in [5.41, 5.74) is 5.18. The van der Waals surface area contributed by atoms with Gasteiger partial charge in [0.15, 0.2) is 0 Å². The Hall–Kier alpha value is -3.65. The molecule has 1 heterocycles. The highest BCUT2D eigenvalue weighted by Gasteiger charge is 2.29. The van der Waals surface area contributed by atoms with Crippen molar-refractivity contribution in [3.63, 3.8) is 0 Å². The molecule has 0 saturated carbocycles. The smallest absolute Gasteiger partial charge is 0.314 e. The number of benzene rings is 3. The minimum absolute atomic E-state index is 0.216. The average molecular weight is 478 g/mol. The predicted octanol–water partition coefficient (Wildman–Crippen LogP) is 4.33. The van der Waals surface area contributed by atoms with Gasteiger partial charge in [-0.3, -0.25) is 13.9 Å². The molecule has 34 heavy (non-hydrogen) atoms. The Morgan fingerprint density at radius 3 is 2.21 bits per heavy atom. The first-order valence-corrected chi connectivity index (χ1v) is 12.5. The van der Waals surface area contributed by atoms with Gasteiger partial charge in [0.2, 0.25) is 0 Å². The first-order chi connectivity index (χ1) is 16.1. The van der Waals surface area contributed by atoms with E-state index in [0.717, 1.165) is 28.7 Å². The summed E-state index contributed by atoms with van der Waals surface area (Å²) in [4.78, 5) is 25.2. The first kappa shape index (κ1) is 23.5. The number of carbonyl (C=O) groups is 2. The zero-order chi connectivity index (χ0) is 24.5. The summed E-state index contributed by atoms with van der Waals surface area (Å²) < 4.78 is 28.0. The third-order valence-corrected chi connectivity index (χ3v) is 7.69. The van der Waals surface area contributed by atoms with Gasteiger partial charge in [-0.05, 0) is 75.1 Å². The topological polar surface area (TPSA) is 95.6 Å². The molecule has 0 fully saturated rings. The average Bonchev–Trinajstić information content (AvgIpc) is 2.80. The summed E-state index contributed by atoms with van der Waals surface area (Å²) in [6, 6.07) is 17.3. The van der Waals surface area contributed by atoms with Crippen LogP contribution in [-0.4, -0.2) is 26.8 Å². The molecule has 3 aromatic rings. The number of sulfonamides is 1. The number of aryl methyl sites for hydroxylation is 4. The van der Waals surface area contributed by atoms with E-state index in [1.54, 1.807) is 48.5 Å². The van der Waals surface area contributed by atoms with Gasteiger partial charge < -0.3 is 10.6 Å². The second-order valence-corrected chi connectivity index (χ2v) is 10.4. The normalized spacial score (nSPS) is 13.2. The molecule has 8 heteroatoms. The van der Waals surface area contributed by atoms with Gasteiger partial charge in [-0.15, -0.1) is 0 Å². The molecule has 1 aliphatic rings. The molecule has 7 nitrogen and oxygen atoms in total. The fraction of sp³-hybridized carbons (Fsp3) is 0.231. The molecule has 0 bridgehead atoms. The maximum Gasteiger partial charge on any atom is 0.314 e. The summed E-state index contributed by atoms with van der Waals surface area (Å²) in [7, 11) is -3.76. The number of hydrogen-bond donors (Lipinski definition) is 2. The molecule has 1 aliphatic heterocycles. The Morgan fingerprint density at radius 1 is 0.824 bits per heavy atom. The van der Waals surface area contributed by atoms with Crippen molar-refractivity contribution in [1.82, 2.24) is 0 Å². The Kier molecular flexibility index (Phi) is 6.43. The van der Waals surface area contributed by atoms with Gasteiger partial charge in [0.1, 0.15) is 0 Å². The Balaban J connectivity index is 1.56. The fourth-order valence-electron chi connectivity index (χ4n) is 4.03. The van der Waals surface area contributed by atoms with Gasteiger partial charge in [-0.2, -0.15) is 0 Å². The number of amides is 2. The van der Waals surface area contributed by atoms with Crippen LogP contribution in [0.25, 0.3) is 0 Å². The van der Waals surface area contributed by atoms with Crippen LogP contribution in [0.15, 0.2) is 65.6 Å². The molecule has 2 amide bonds. The first-order valence-electron chi connectivity index (χ1n) is 11.1. The molecule has 0 aromatic heterocycles. The second-order valence-electron chi connectivity index (χ2n) is 8.56. The van der Waals surface area contributed by atoms with E-state index in [0.29, 0.717) is 30.0 Å². The number of rotatable bonds is 4. The maximum absolute atomic E-state index is 13.3. The minimum Gasteiger partial charge on any atom is -0.318 e. The lowest BCUT2D eigenvalue weighted by Gasteiger charge is -2.31. The SMILES string of the molecule is Cc1ccc(S(=O)(=O)N2CCCc3ccc(NC(=O)C(=O)Nc4ccc(C)cc4C)cc32)cc1. The van der Waals surface area contributed by atoms with Crippen molar-refractivity contribution in [2.24, 2.45) is 0 Å². The molecule has 0 aliphatic carbocycles. The van der Waals surface area contributed by atoms with Crippen molar-refractivity contribution >= 4 is 38.9 Å². The van der Waals surface area contributed by atoms with Crippen molar-refractivity contribution in [1.29, 1.82) is 0 Å². The summed E-state index contributed by atoms with van der Waals surface area (Å²) in [5, 5.41) is 5.21. The van der Waals surface area contributed by atoms with E-state index >= 15 is 0 Å². The van der Waals surface area contributed by atoms with Crippen LogP contribution in [0.2, 0.25) is 0 Å². The third kappa shape index (κ3) is 4.82. The summed E-state index contributed by atoms with van der Waals surface area (Å²) >= 11 is 0. The Morgan fingerprint density at radius 2 is 1.50 bits per heavy atom. The number of nitrogens with zero attached hydrogens (tertiary/aromatic N) is 1. The van der Waals surface area contributed by atoms with E-state index in [1.807, 2.05) is 32.9 Å². The van der Waals surface area contributed by atoms with E-state index in [2.05, 4.69) is 10.6 Å². The van der Waals surface area contributed by atoms with E-state index in [4.69, 9.17) is 0 Å². The molecular weight excluding hydrogens is 450 g/mol. The predicted molar refractivity (Wildman–Crippen MR) is 134 cm³/mol. The summed E-state index contributed by atoms with van der Waals surface area (Å²) in [6.45, 7) is 6.04. The molecule has 4 rings (SSSR count). The fourth-order valence-corrected chi connectivity index (χ4v) is 5.56. The van der Waals surface area contributed by atoms with Crippen LogP contribution >= 0.6 is 0 Å². The van der Waals surface area contributed by atoms with E-state index in [-0.39, 0.29) is 4.90 Å². The van der Waals surface area contributed by atoms with E-state index in [1.165, 1.54) is 4.31 Å². The maximum atomic E-state index is 13.3. The molecular formula is C26H27N3O4S. The largest absolute Gasteiger partial charge is 0.318 e. The number of nitrogens with one attached hydrogen (secondary N) is 2. The van der Waals surface area contributed by atoms with Crippen molar-refractivity contribution in [2.75, 3.05) is 21.5 Å². The van der Waals surface area contributed by atoms with Crippen molar-refractivity contribution in [3.8, 4) is 0 Å². The third-order valence-electron chi connectivity index (χ3n) is 5.86. The zero-order valence-electron chi connectivity index (χ0n) is 19.4. The van der Waals surface area contributed by atoms with E-state index < -0.39 is 21.8 Å². The van der Waals surface area contributed by atoms with Gasteiger partial charge in [0, 0.05) is 17.9 Å². The van der Waals surface area contributed by atoms with Crippen LogP contribution in [0.1, 0.15) is 28.7 Å². The minimum atomic E-state index is -3.76.